The third kappa shape index (κ3) is 4.78. The number of rotatable bonds is 6. The first kappa shape index (κ1) is 16.9. The van der Waals surface area contributed by atoms with E-state index in [1.807, 2.05) is 23.9 Å². The maximum atomic E-state index is 6.43. The molecule has 0 unspecified atom stereocenters. The number of ether oxygens (including phenoxy) is 1. The van der Waals surface area contributed by atoms with Gasteiger partial charge < -0.3 is 15.0 Å². The van der Waals surface area contributed by atoms with E-state index in [4.69, 9.17) is 16.3 Å². The van der Waals surface area contributed by atoms with Gasteiger partial charge in [-0.15, -0.1) is 0 Å². The van der Waals surface area contributed by atoms with Crippen LogP contribution in [0.2, 0.25) is 5.02 Å². The van der Waals surface area contributed by atoms with E-state index in [1.54, 1.807) is 7.11 Å². The monoisotopic (exact) mass is 328 g/mol. The lowest BCUT2D eigenvalue weighted by atomic mass is 10.1. The zero-order valence-corrected chi connectivity index (χ0v) is 14.7. The second-order valence-electron chi connectivity index (χ2n) is 5.94. The van der Waals surface area contributed by atoms with Gasteiger partial charge in [-0.05, 0) is 26.0 Å². The molecule has 118 valence electrons. The number of hydrogen-bond acceptors (Lipinski definition) is 4. The Morgan fingerprint density at radius 3 is 2.95 bits per heavy atom. The van der Waals surface area contributed by atoms with Crippen molar-refractivity contribution in [2.45, 2.75) is 25.1 Å². The van der Waals surface area contributed by atoms with Gasteiger partial charge in [0, 0.05) is 60.1 Å². The zero-order chi connectivity index (χ0) is 15.3. The van der Waals surface area contributed by atoms with E-state index in [9.17, 15) is 0 Å². The first-order chi connectivity index (χ1) is 10.0. The average molecular weight is 329 g/mol. The largest absolute Gasteiger partial charge is 0.383 e. The molecule has 0 amide bonds. The van der Waals surface area contributed by atoms with Crippen LogP contribution < -0.4 is 10.2 Å². The van der Waals surface area contributed by atoms with Gasteiger partial charge in [0.25, 0.3) is 0 Å². The summed E-state index contributed by atoms with van der Waals surface area (Å²) in [5, 5.41) is 4.24. The summed E-state index contributed by atoms with van der Waals surface area (Å²) < 4.78 is 5.37. The van der Waals surface area contributed by atoms with Crippen LogP contribution in [0.15, 0.2) is 18.2 Å². The Balaban J connectivity index is 2.12. The van der Waals surface area contributed by atoms with Crippen molar-refractivity contribution in [3.63, 3.8) is 0 Å². The number of anilines is 1. The van der Waals surface area contributed by atoms with Crippen LogP contribution in [0.3, 0.4) is 0 Å². The Morgan fingerprint density at radius 1 is 1.43 bits per heavy atom. The molecule has 3 nitrogen and oxygen atoms in total. The lowest BCUT2D eigenvalue weighted by molar-refractivity contribution is 0.199. The molecule has 0 atom stereocenters. The molecule has 0 bridgehead atoms. The highest BCUT2D eigenvalue weighted by Gasteiger charge is 2.28. The van der Waals surface area contributed by atoms with Crippen LogP contribution in [0.25, 0.3) is 0 Å². The zero-order valence-electron chi connectivity index (χ0n) is 13.1. The molecule has 0 radical (unpaired) electrons. The maximum absolute atomic E-state index is 6.43. The Hall–Kier alpha value is -0.420. The van der Waals surface area contributed by atoms with E-state index in [0.717, 1.165) is 37.0 Å². The molecule has 1 aliphatic rings. The molecular formula is C16H25ClN2OS. The number of thioether (sulfide) groups is 1. The number of nitrogens with zero attached hydrogens (tertiary/aromatic N) is 1. The minimum atomic E-state index is 0.293. The third-order valence-electron chi connectivity index (χ3n) is 3.65. The van der Waals surface area contributed by atoms with Gasteiger partial charge in [0.05, 0.1) is 6.61 Å². The molecule has 1 N–H and O–H groups in total. The van der Waals surface area contributed by atoms with Gasteiger partial charge in [-0.1, -0.05) is 17.7 Å². The van der Waals surface area contributed by atoms with Gasteiger partial charge in [-0.3, -0.25) is 0 Å². The Bertz CT molecular complexity index is 468. The predicted octanol–water partition coefficient (Wildman–Crippen LogP) is 3.41. The van der Waals surface area contributed by atoms with Crippen molar-refractivity contribution in [1.82, 2.24) is 5.32 Å². The fraction of sp³-hybridized carbons (Fsp3) is 0.625. The van der Waals surface area contributed by atoms with Crippen molar-refractivity contribution in [2.24, 2.45) is 0 Å². The van der Waals surface area contributed by atoms with Crippen molar-refractivity contribution in [3.05, 3.63) is 28.8 Å². The first-order valence-electron chi connectivity index (χ1n) is 7.39. The van der Waals surface area contributed by atoms with E-state index >= 15 is 0 Å². The van der Waals surface area contributed by atoms with Crippen LogP contribution in [0.5, 0.6) is 0 Å². The number of hydrogen-bond donors (Lipinski definition) is 1. The molecule has 0 saturated carbocycles. The number of methoxy groups -OCH3 is 1. The molecule has 1 fully saturated rings. The quantitative estimate of drug-likeness (QED) is 0.809. The smallest absolute Gasteiger partial charge is 0.0587 e. The van der Waals surface area contributed by atoms with Crippen molar-refractivity contribution in [3.8, 4) is 0 Å². The minimum absolute atomic E-state index is 0.293. The average Bonchev–Trinajstić information content (AvgIpc) is 2.43. The lowest BCUT2D eigenvalue weighted by Gasteiger charge is -2.40. The summed E-state index contributed by atoms with van der Waals surface area (Å²) in [5.74, 6) is 1.16. The van der Waals surface area contributed by atoms with Crippen LogP contribution in [-0.4, -0.2) is 43.9 Å². The summed E-state index contributed by atoms with van der Waals surface area (Å²) >= 11 is 8.48. The van der Waals surface area contributed by atoms with Crippen LogP contribution in [-0.2, 0) is 11.3 Å². The van der Waals surface area contributed by atoms with Gasteiger partial charge in [-0.2, -0.15) is 11.8 Å². The van der Waals surface area contributed by atoms with Crippen molar-refractivity contribution >= 4 is 29.1 Å². The van der Waals surface area contributed by atoms with Crippen LogP contribution in [0.4, 0.5) is 5.69 Å². The minimum Gasteiger partial charge on any atom is -0.383 e. The predicted molar refractivity (Wildman–Crippen MR) is 93.8 cm³/mol. The fourth-order valence-corrected chi connectivity index (χ4v) is 3.98. The molecule has 21 heavy (non-hydrogen) atoms. The summed E-state index contributed by atoms with van der Waals surface area (Å²) in [6.07, 6.45) is 0. The number of benzene rings is 1. The van der Waals surface area contributed by atoms with E-state index in [-0.39, 0.29) is 0 Å². The second-order valence-corrected chi connectivity index (χ2v) is 8.15. The first-order valence-corrected chi connectivity index (χ1v) is 8.76. The normalized spacial score (nSPS) is 18.0. The molecule has 1 aromatic carbocycles. The molecule has 0 spiro atoms. The lowest BCUT2D eigenvalue weighted by Crippen LogP contribution is -2.43. The van der Waals surface area contributed by atoms with Gasteiger partial charge in [0.15, 0.2) is 0 Å². The highest BCUT2D eigenvalue weighted by molar-refractivity contribution is 8.00. The van der Waals surface area contributed by atoms with Crippen LogP contribution >= 0.6 is 23.4 Å². The third-order valence-corrected chi connectivity index (χ3v) is 5.30. The van der Waals surface area contributed by atoms with E-state index in [1.165, 1.54) is 11.3 Å². The molecule has 5 heteroatoms. The molecule has 1 aromatic rings. The highest BCUT2D eigenvalue weighted by Crippen LogP contribution is 2.35. The van der Waals surface area contributed by atoms with Crippen molar-refractivity contribution in [1.29, 1.82) is 0 Å². The molecule has 1 aliphatic heterocycles. The topological polar surface area (TPSA) is 24.5 Å². The van der Waals surface area contributed by atoms with E-state index in [2.05, 4.69) is 30.1 Å². The van der Waals surface area contributed by atoms with Gasteiger partial charge in [-0.25, -0.2) is 0 Å². The standard InChI is InChI=1S/C16H25ClN2OS/c1-16(2)12-19(8-10-21-16)15-6-4-5-14(17)13(15)11-18-7-9-20-3/h4-6,18H,7-12H2,1-3H3. The molecule has 1 heterocycles. The van der Waals surface area contributed by atoms with Crippen molar-refractivity contribution < 1.29 is 4.74 Å². The fourth-order valence-electron chi connectivity index (χ4n) is 2.63. The molecular weight excluding hydrogens is 304 g/mol. The number of halogens is 1. The van der Waals surface area contributed by atoms with Gasteiger partial charge in [0.1, 0.15) is 0 Å². The Kier molecular flexibility index (Phi) is 6.23. The van der Waals surface area contributed by atoms with Crippen LogP contribution in [0.1, 0.15) is 19.4 Å². The van der Waals surface area contributed by atoms with Crippen molar-refractivity contribution in [2.75, 3.05) is 44.0 Å². The Labute approximate surface area is 137 Å². The molecule has 2 rings (SSSR count). The summed E-state index contributed by atoms with van der Waals surface area (Å²) in [6.45, 7) is 9.09. The summed E-state index contributed by atoms with van der Waals surface area (Å²) in [5.41, 5.74) is 2.46. The summed E-state index contributed by atoms with van der Waals surface area (Å²) in [4.78, 5) is 2.47. The molecule has 1 saturated heterocycles. The SMILES string of the molecule is COCCNCc1c(Cl)cccc1N1CCSC(C)(C)C1. The van der Waals surface area contributed by atoms with Crippen LogP contribution in [0, 0.1) is 0 Å². The Morgan fingerprint density at radius 2 is 2.24 bits per heavy atom. The second kappa shape index (κ2) is 7.73. The molecule has 0 aliphatic carbocycles. The number of nitrogens with one attached hydrogen (secondary N) is 1. The summed E-state index contributed by atoms with van der Waals surface area (Å²) in [6, 6.07) is 6.21. The summed E-state index contributed by atoms with van der Waals surface area (Å²) in [7, 11) is 1.72. The van der Waals surface area contributed by atoms with Gasteiger partial charge >= 0.3 is 0 Å². The van der Waals surface area contributed by atoms with Gasteiger partial charge in [0.2, 0.25) is 0 Å². The van der Waals surface area contributed by atoms with E-state index in [0.29, 0.717) is 11.4 Å². The maximum Gasteiger partial charge on any atom is 0.0587 e. The van der Waals surface area contributed by atoms with E-state index < -0.39 is 0 Å². The highest BCUT2D eigenvalue weighted by atomic mass is 35.5. The molecule has 0 aromatic heterocycles.